The zero-order valence-corrected chi connectivity index (χ0v) is 13.7. The number of alkyl halides is 2. The molecule has 1 fully saturated rings. The van der Waals surface area contributed by atoms with Gasteiger partial charge < -0.3 is 14.6 Å². The summed E-state index contributed by atoms with van der Waals surface area (Å²) >= 11 is 0. The second kappa shape index (κ2) is 6.31. The lowest BCUT2D eigenvalue weighted by atomic mass is 9.86. The molecule has 25 heavy (non-hydrogen) atoms. The Labute approximate surface area is 143 Å². The van der Waals surface area contributed by atoms with Crippen molar-refractivity contribution < 1.29 is 23.5 Å². The molecule has 3 rings (SSSR count). The number of hydrogen-bond donors (Lipinski definition) is 1. The Kier molecular flexibility index (Phi) is 4.32. The van der Waals surface area contributed by atoms with Gasteiger partial charge in [0.15, 0.2) is 0 Å². The highest BCUT2D eigenvalue weighted by molar-refractivity contribution is 5.96. The molecule has 1 aliphatic heterocycles. The van der Waals surface area contributed by atoms with E-state index in [1.165, 1.54) is 23.7 Å². The SMILES string of the molecule is Cn1c(C(=O)O)ccc1C(=O)N1CCC(c2ccccc2)C(F)(F)C1. The standard InChI is InChI=1S/C18H18F2N2O3/c1-21-14(7-8-15(21)17(24)25)16(23)22-10-9-13(18(19,20)11-22)12-5-3-2-4-6-12/h2-8,13H,9-11H2,1H3,(H,24,25). The smallest absolute Gasteiger partial charge is 0.352 e. The third-order valence-electron chi connectivity index (χ3n) is 4.65. The van der Waals surface area contributed by atoms with Crippen molar-refractivity contribution in [1.82, 2.24) is 9.47 Å². The molecule has 0 saturated carbocycles. The molecular formula is C18H18F2N2O3. The van der Waals surface area contributed by atoms with Gasteiger partial charge in [-0.25, -0.2) is 13.6 Å². The number of rotatable bonds is 3. The fourth-order valence-electron chi connectivity index (χ4n) is 3.31. The van der Waals surface area contributed by atoms with Crippen molar-refractivity contribution in [3.8, 4) is 0 Å². The van der Waals surface area contributed by atoms with Crippen molar-refractivity contribution in [3.05, 3.63) is 59.4 Å². The summed E-state index contributed by atoms with van der Waals surface area (Å²) in [6, 6.07) is 11.2. The summed E-state index contributed by atoms with van der Waals surface area (Å²) in [5, 5.41) is 9.05. The van der Waals surface area contributed by atoms with Crippen molar-refractivity contribution in [3.63, 3.8) is 0 Å². The topological polar surface area (TPSA) is 62.5 Å². The average molecular weight is 348 g/mol. The van der Waals surface area contributed by atoms with E-state index in [2.05, 4.69) is 0 Å². The lowest BCUT2D eigenvalue weighted by Crippen LogP contribution is -2.50. The van der Waals surface area contributed by atoms with E-state index in [1.807, 2.05) is 0 Å². The zero-order chi connectivity index (χ0) is 18.2. The van der Waals surface area contributed by atoms with Crippen LogP contribution in [0.3, 0.4) is 0 Å². The van der Waals surface area contributed by atoms with E-state index in [1.54, 1.807) is 30.3 Å². The molecule has 0 spiro atoms. The largest absolute Gasteiger partial charge is 0.477 e. The highest BCUT2D eigenvalue weighted by Gasteiger charge is 2.46. The molecule has 1 aliphatic rings. The Morgan fingerprint density at radius 1 is 1.12 bits per heavy atom. The van der Waals surface area contributed by atoms with Crippen LogP contribution < -0.4 is 0 Å². The van der Waals surface area contributed by atoms with Gasteiger partial charge in [0.05, 0.1) is 12.5 Å². The number of aromatic nitrogens is 1. The van der Waals surface area contributed by atoms with Crippen LogP contribution in [0.15, 0.2) is 42.5 Å². The first-order valence-electron chi connectivity index (χ1n) is 7.92. The van der Waals surface area contributed by atoms with Gasteiger partial charge in [0.1, 0.15) is 11.4 Å². The number of benzene rings is 1. The molecule has 1 aromatic carbocycles. The molecule has 2 aromatic rings. The molecule has 7 heteroatoms. The summed E-state index contributed by atoms with van der Waals surface area (Å²) in [7, 11) is 1.44. The minimum Gasteiger partial charge on any atom is -0.477 e. The van der Waals surface area contributed by atoms with E-state index in [0.29, 0.717) is 5.56 Å². The minimum absolute atomic E-state index is 0.0609. The van der Waals surface area contributed by atoms with Crippen molar-refractivity contribution >= 4 is 11.9 Å². The Morgan fingerprint density at radius 2 is 1.76 bits per heavy atom. The summed E-state index contributed by atoms with van der Waals surface area (Å²) in [6.45, 7) is -0.486. The highest BCUT2D eigenvalue weighted by Crippen LogP contribution is 2.40. The molecule has 1 unspecified atom stereocenters. The van der Waals surface area contributed by atoms with E-state index >= 15 is 0 Å². The molecule has 1 aromatic heterocycles. The average Bonchev–Trinajstić information content (AvgIpc) is 2.95. The molecule has 1 saturated heterocycles. The second-order valence-corrected chi connectivity index (χ2v) is 6.21. The number of likely N-dealkylation sites (tertiary alicyclic amines) is 1. The van der Waals surface area contributed by atoms with Crippen LogP contribution in [-0.2, 0) is 7.05 Å². The predicted molar refractivity (Wildman–Crippen MR) is 87.0 cm³/mol. The molecule has 1 atom stereocenters. The van der Waals surface area contributed by atoms with Crippen LogP contribution in [0.2, 0.25) is 0 Å². The highest BCUT2D eigenvalue weighted by atomic mass is 19.3. The lowest BCUT2D eigenvalue weighted by molar-refractivity contribution is -0.0746. The summed E-state index contributed by atoms with van der Waals surface area (Å²) in [5.74, 6) is -5.73. The summed E-state index contributed by atoms with van der Waals surface area (Å²) in [5.41, 5.74) is 0.590. The summed E-state index contributed by atoms with van der Waals surface area (Å²) < 4.78 is 30.5. The van der Waals surface area contributed by atoms with Crippen LogP contribution >= 0.6 is 0 Å². The van der Waals surface area contributed by atoms with Crippen molar-refractivity contribution in [1.29, 1.82) is 0 Å². The first kappa shape index (κ1) is 17.1. The van der Waals surface area contributed by atoms with Crippen LogP contribution in [0, 0.1) is 0 Å². The number of carbonyl (C=O) groups is 2. The number of carbonyl (C=O) groups excluding carboxylic acids is 1. The minimum atomic E-state index is -3.05. The van der Waals surface area contributed by atoms with Gasteiger partial charge in [-0.2, -0.15) is 0 Å². The number of nitrogens with zero attached hydrogens (tertiary/aromatic N) is 2. The van der Waals surface area contributed by atoms with Crippen molar-refractivity contribution in [2.24, 2.45) is 7.05 Å². The predicted octanol–water partition coefficient (Wildman–Crippen LogP) is 2.99. The molecule has 132 valence electrons. The van der Waals surface area contributed by atoms with E-state index in [-0.39, 0.29) is 24.4 Å². The normalized spacial score (nSPS) is 19.6. The molecule has 5 nitrogen and oxygen atoms in total. The quantitative estimate of drug-likeness (QED) is 0.928. The van der Waals surface area contributed by atoms with Gasteiger partial charge in [-0.05, 0) is 24.1 Å². The molecule has 0 radical (unpaired) electrons. The fraction of sp³-hybridized carbons (Fsp3) is 0.333. The molecule has 0 aliphatic carbocycles. The molecular weight excluding hydrogens is 330 g/mol. The molecule has 2 heterocycles. The Bertz CT molecular complexity index is 802. The number of carboxylic acids is 1. The summed E-state index contributed by atoms with van der Waals surface area (Å²) in [4.78, 5) is 24.7. The van der Waals surface area contributed by atoms with E-state index in [9.17, 15) is 18.4 Å². The van der Waals surface area contributed by atoms with Crippen LogP contribution in [0.5, 0.6) is 0 Å². The Hall–Kier alpha value is -2.70. The first-order chi connectivity index (χ1) is 11.8. The zero-order valence-electron chi connectivity index (χ0n) is 13.7. The van der Waals surface area contributed by atoms with E-state index in [4.69, 9.17) is 5.11 Å². The molecule has 0 bridgehead atoms. The van der Waals surface area contributed by atoms with Crippen LogP contribution in [0.4, 0.5) is 8.78 Å². The van der Waals surface area contributed by atoms with Gasteiger partial charge in [0.2, 0.25) is 0 Å². The van der Waals surface area contributed by atoms with Gasteiger partial charge in [-0.15, -0.1) is 0 Å². The lowest BCUT2D eigenvalue weighted by Gasteiger charge is -2.38. The maximum atomic E-state index is 14.6. The van der Waals surface area contributed by atoms with Crippen molar-refractivity contribution in [2.45, 2.75) is 18.3 Å². The Morgan fingerprint density at radius 3 is 2.32 bits per heavy atom. The summed E-state index contributed by atoms with van der Waals surface area (Å²) in [6.07, 6.45) is 0.152. The van der Waals surface area contributed by atoms with Crippen LogP contribution in [-0.4, -0.2) is 45.5 Å². The van der Waals surface area contributed by atoms with Crippen LogP contribution in [0.1, 0.15) is 38.9 Å². The maximum Gasteiger partial charge on any atom is 0.352 e. The number of piperidine rings is 1. The molecule has 1 amide bonds. The van der Waals surface area contributed by atoms with Gasteiger partial charge in [0, 0.05) is 13.6 Å². The van der Waals surface area contributed by atoms with Crippen LogP contribution in [0.25, 0.3) is 0 Å². The second-order valence-electron chi connectivity index (χ2n) is 6.21. The monoisotopic (exact) mass is 348 g/mol. The van der Waals surface area contributed by atoms with Gasteiger partial charge in [0.25, 0.3) is 11.8 Å². The number of amides is 1. The third kappa shape index (κ3) is 3.14. The number of aromatic carboxylic acids is 1. The number of hydrogen-bond acceptors (Lipinski definition) is 2. The Balaban J connectivity index is 1.80. The van der Waals surface area contributed by atoms with Gasteiger partial charge in [-0.3, -0.25) is 4.79 Å². The van der Waals surface area contributed by atoms with Gasteiger partial charge in [-0.1, -0.05) is 30.3 Å². The van der Waals surface area contributed by atoms with Crippen molar-refractivity contribution in [2.75, 3.05) is 13.1 Å². The van der Waals surface area contributed by atoms with E-state index in [0.717, 1.165) is 4.90 Å². The molecule has 1 N–H and O–H groups in total. The number of carboxylic acid groups (broad SMARTS) is 1. The fourth-order valence-corrected chi connectivity index (χ4v) is 3.31. The number of halogens is 2. The first-order valence-corrected chi connectivity index (χ1v) is 7.92. The maximum absolute atomic E-state index is 14.6. The van der Waals surface area contributed by atoms with Gasteiger partial charge >= 0.3 is 5.97 Å². The third-order valence-corrected chi connectivity index (χ3v) is 4.65. The van der Waals surface area contributed by atoms with E-state index < -0.39 is 30.3 Å².